The predicted octanol–water partition coefficient (Wildman–Crippen LogP) is 3.49. The molecule has 2 rings (SSSR count). The van der Waals surface area contributed by atoms with Gasteiger partial charge in [0, 0.05) is 17.4 Å². The van der Waals surface area contributed by atoms with Gasteiger partial charge in [0.25, 0.3) is 0 Å². The van der Waals surface area contributed by atoms with Crippen molar-refractivity contribution in [1.82, 2.24) is 0 Å². The fourth-order valence-electron chi connectivity index (χ4n) is 2.43. The molecule has 4 nitrogen and oxygen atoms in total. The Bertz CT molecular complexity index is 295. The van der Waals surface area contributed by atoms with Crippen LogP contribution in [0.4, 0.5) is 0 Å². The van der Waals surface area contributed by atoms with E-state index in [2.05, 4.69) is 27.0 Å². The van der Waals surface area contributed by atoms with E-state index >= 15 is 0 Å². The Balaban J connectivity index is 1.66. The molecule has 0 aromatic heterocycles. The smallest absolute Gasteiger partial charge is 0.161 e. The van der Waals surface area contributed by atoms with Crippen molar-refractivity contribution in [3.63, 3.8) is 0 Å². The van der Waals surface area contributed by atoms with Crippen LogP contribution in [0.15, 0.2) is 0 Å². The lowest BCUT2D eigenvalue weighted by Crippen LogP contribution is -2.35. The summed E-state index contributed by atoms with van der Waals surface area (Å²) < 4.78 is 23.9. The molecule has 0 aromatic carbocycles. The van der Waals surface area contributed by atoms with Crippen molar-refractivity contribution in [3.05, 3.63) is 0 Å². The topological polar surface area (TPSA) is 36.9 Å². The highest BCUT2D eigenvalue weighted by molar-refractivity contribution is 8.16. The van der Waals surface area contributed by atoms with E-state index in [1.165, 1.54) is 0 Å². The van der Waals surface area contributed by atoms with E-state index in [0.717, 1.165) is 31.6 Å². The summed E-state index contributed by atoms with van der Waals surface area (Å²) >= 11 is 3.84. The first-order chi connectivity index (χ1) is 10.1. The van der Waals surface area contributed by atoms with Crippen molar-refractivity contribution >= 4 is 23.5 Å². The van der Waals surface area contributed by atoms with Crippen molar-refractivity contribution in [2.75, 3.05) is 18.6 Å². The summed E-state index contributed by atoms with van der Waals surface area (Å²) in [6.45, 7) is 7.12. The van der Waals surface area contributed by atoms with E-state index in [-0.39, 0.29) is 30.9 Å². The molecule has 0 bridgehead atoms. The molecule has 6 heteroatoms. The van der Waals surface area contributed by atoms with E-state index < -0.39 is 0 Å². The molecule has 0 saturated carbocycles. The molecule has 124 valence electrons. The molecule has 0 amide bonds. The Labute approximate surface area is 137 Å². The normalized spacial score (nSPS) is 38.6. The fourth-order valence-corrected chi connectivity index (χ4v) is 3.93. The average molecular weight is 337 g/mol. The van der Waals surface area contributed by atoms with Crippen LogP contribution in [0.1, 0.15) is 40.0 Å². The van der Waals surface area contributed by atoms with E-state index in [0.29, 0.717) is 4.58 Å². The average Bonchev–Trinajstić information content (AvgIpc) is 2.77. The highest BCUT2D eigenvalue weighted by Gasteiger charge is 2.33. The summed E-state index contributed by atoms with van der Waals surface area (Å²) in [6, 6.07) is 0. The zero-order valence-corrected chi connectivity index (χ0v) is 15.1. The first-order valence-corrected chi connectivity index (χ1v) is 10.1. The molecule has 2 aliphatic heterocycles. The van der Waals surface area contributed by atoms with Gasteiger partial charge < -0.3 is 18.9 Å². The second kappa shape index (κ2) is 8.99. The lowest BCUT2D eigenvalue weighted by atomic mass is 10.1. The Hall–Kier alpha value is 0.540. The zero-order chi connectivity index (χ0) is 15.2. The number of hydrogen-bond donors (Lipinski definition) is 0. The summed E-state index contributed by atoms with van der Waals surface area (Å²) in [5, 5.41) is 0. The van der Waals surface area contributed by atoms with Gasteiger partial charge >= 0.3 is 0 Å². The second-order valence-electron chi connectivity index (χ2n) is 5.66. The molecular formula is C15H28O4S2. The van der Waals surface area contributed by atoms with Crippen LogP contribution in [-0.4, -0.2) is 54.1 Å². The van der Waals surface area contributed by atoms with E-state index in [1.807, 2.05) is 23.5 Å². The van der Waals surface area contributed by atoms with Gasteiger partial charge in [-0.2, -0.15) is 11.8 Å². The summed E-state index contributed by atoms with van der Waals surface area (Å²) in [4.78, 5) is 0. The number of ether oxygens (including phenoxy) is 4. The summed E-state index contributed by atoms with van der Waals surface area (Å²) in [5.41, 5.74) is 0. The summed E-state index contributed by atoms with van der Waals surface area (Å²) in [5.74, 6) is 1.07. The summed E-state index contributed by atoms with van der Waals surface area (Å²) in [7, 11) is 0. The van der Waals surface area contributed by atoms with Gasteiger partial charge in [0.1, 0.15) is 0 Å². The number of thioether (sulfide) groups is 2. The standard InChI is InChI=1S/C15H28O4S2/c1-10-11(2)18-15(17-10)9-13-5-7-16-14(19-13)6-8-21-12(3)20-4/h10-15H,5-9H2,1-4H3/t10?,11?,12-,13?,14-,15?/m0/s1. The molecule has 0 radical (unpaired) electrons. The summed E-state index contributed by atoms with van der Waals surface area (Å²) in [6.07, 6.45) is 5.18. The molecule has 0 aromatic rings. The molecule has 5 atom stereocenters. The van der Waals surface area contributed by atoms with Gasteiger partial charge in [0.2, 0.25) is 0 Å². The van der Waals surface area contributed by atoms with Crippen LogP contribution in [0.3, 0.4) is 0 Å². The molecule has 2 heterocycles. The molecule has 2 aliphatic rings. The molecule has 0 aliphatic carbocycles. The SMILES string of the molecule is CS[C@H](C)SCC[C@H]1OCCC(CC2OC(C)C(C)O2)O1. The molecule has 0 spiro atoms. The van der Waals surface area contributed by atoms with Gasteiger partial charge in [-0.3, -0.25) is 0 Å². The van der Waals surface area contributed by atoms with Crippen LogP contribution >= 0.6 is 23.5 Å². The van der Waals surface area contributed by atoms with E-state index in [4.69, 9.17) is 18.9 Å². The molecule has 2 saturated heterocycles. The quantitative estimate of drug-likeness (QED) is 0.663. The minimum absolute atomic E-state index is 0.0680. The van der Waals surface area contributed by atoms with Gasteiger partial charge in [0.15, 0.2) is 12.6 Å². The van der Waals surface area contributed by atoms with Crippen molar-refractivity contribution in [2.45, 2.75) is 75.5 Å². The minimum atomic E-state index is -0.121. The van der Waals surface area contributed by atoms with Crippen LogP contribution in [0.2, 0.25) is 0 Å². The van der Waals surface area contributed by atoms with E-state index in [1.54, 1.807) is 0 Å². The van der Waals surface area contributed by atoms with Crippen LogP contribution in [0, 0.1) is 0 Å². The maximum Gasteiger partial charge on any atom is 0.161 e. The van der Waals surface area contributed by atoms with Crippen LogP contribution < -0.4 is 0 Å². The van der Waals surface area contributed by atoms with Crippen molar-refractivity contribution in [1.29, 1.82) is 0 Å². The van der Waals surface area contributed by atoms with Gasteiger partial charge in [-0.1, -0.05) is 0 Å². The van der Waals surface area contributed by atoms with Crippen LogP contribution in [0.25, 0.3) is 0 Å². The highest BCUT2D eigenvalue weighted by Crippen LogP contribution is 2.27. The first kappa shape index (κ1) is 17.9. The maximum absolute atomic E-state index is 6.03. The lowest BCUT2D eigenvalue weighted by Gasteiger charge is -2.31. The van der Waals surface area contributed by atoms with E-state index in [9.17, 15) is 0 Å². The fraction of sp³-hybridized carbons (Fsp3) is 1.00. The van der Waals surface area contributed by atoms with Gasteiger partial charge in [-0.05, 0) is 39.2 Å². The molecular weight excluding hydrogens is 308 g/mol. The van der Waals surface area contributed by atoms with Gasteiger partial charge in [0.05, 0.1) is 24.9 Å². The Morgan fingerprint density at radius 1 is 1.10 bits per heavy atom. The van der Waals surface area contributed by atoms with Crippen molar-refractivity contribution in [3.8, 4) is 0 Å². The third-order valence-electron chi connectivity index (χ3n) is 3.98. The monoisotopic (exact) mass is 336 g/mol. The zero-order valence-electron chi connectivity index (χ0n) is 13.4. The Morgan fingerprint density at radius 2 is 1.81 bits per heavy atom. The lowest BCUT2D eigenvalue weighted by molar-refractivity contribution is -0.226. The largest absolute Gasteiger partial charge is 0.353 e. The number of hydrogen-bond acceptors (Lipinski definition) is 6. The number of rotatable bonds is 7. The first-order valence-electron chi connectivity index (χ1n) is 7.81. The highest BCUT2D eigenvalue weighted by atomic mass is 32.2. The molecule has 21 heavy (non-hydrogen) atoms. The third kappa shape index (κ3) is 5.92. The minimum Gasteiger partial charge on any atom is -0.353 e. The van der Waals surface area contributed by atoms with Crippen molar-refractivity contribution in [2.24, 2.45) is 0 Å². The molecule has 3 unspecified atom stereocenters. The van der Waals surface area contributed by atoms with Crippen LogP contribution in [0.5, 0.6) is 0 Å². The molecule has 2 fully saturated rings. The van der Waals surface area contributed by atoms with Gasteiger partial charge in [-0.25, -0.2) is 0 Å². The second-order valence-corrected chi connectivity index (χ2v) is 8.58. The predicted molar refractivity (Wildman–Crippen MR) is 88.8 cm³/mol. The van der Waals surface area contributed by atoms with Gasteiger partial charge in [-0.15, -0.1) is 11.8 Å². The maximum atomic E-state index is 6.03. The Kier molecular flexibility index (Phi) is 7.66. The Morgan fingerprint density at radius 3 is 2.48 bits per heavy atom. The molecule has 0 N–H and O–H groups in total. The van der Waals surface area contributed by atoms with Crippen LogP contribution in [-0.2, 0) is 18.9 Å². The third-order valence-corrected chi connectivity index (χ3v) is 6.57. The van der Waals surface area contributed by atoms with Crippen molar-refractivity contribution < 1.29 is 18.9 Å².